The summed E-state index contributed by atoms with van der Waals surface area (Å²) < 4.78 is 9.91. The van der Waals surface area contributed by atoms with Gasteiger partial charge in [-0.25, -0.2) is 4.79 Å². The quantitative estimate of drug-likeness (QED) is 0.539. The molecule has 0 amide bonds. The van der Waals surface area contributed by atoms with Crippen LogP contribution in [0.4, 0.5) is 0 Å². The van der Waals surface area contributed by atoms with Crippen molar-refractivity contribution in [3.8, 4) is 5.75 Å². The summed E-state index contributed by atoms with van der Waals surface area (Å²) in [7, 11) is 0. The topological polar surface area (TPSA) is 52.6 Å². The molecular formula is C12H14O4. The molecule has 0 bridgehead atoms. The molecule has 0 unspecified atom stereocenters. The van der Waals surface area contributed by atoms with Crippen LogP contribution in [0.5, 0.6) is 5.75 Å². The summed E-state index contributed by atoms with van der Waals surface area (Å²) in [5.41, 5.74) is 0.915. The molecule has 0 heterocycles. The highest BCUT2D eigenvalue weighted by atomic mass is 16.6. The van der Waals surface area contributed by atoms with Crippen LogP contribution in [0.15, 0.2) is 24.3 Å². The van der Waals surface area contributed by atoms with Crippen LogP contribution in [-0.4, -0.2) is 25.5 Å². The van der Waals surface area contributed by atoms with Gasteiger partial charge in [0, 0.05) is 6.42 Å². The molecule has 0 atom stereocenters. The Kier molecular flexibility index (Phi) is 5.05. The minimum Gasteiger partial charge on any atom is -0.482 e. The minimum atomic E-state index is -0.389. The van der Waals surface area contributed by atoms with Crippen LogP contribution in [0.3, 0.4) is 0 Å². The maximum absolute atomic E-state index is 11.0. The molecule has 1 aromatic carbocycles. The van der Waals surface area contributed by atoms with Crippen LogP contribution >= 0.6 is 0 Å². The average Bonchev–Trinajstić information content (AvgIpc) is 2.29. The van der Waals surface area contributed by atoms with Gasteiger partial charge < -0.3 is 14.3 Å². The van der Waals surface area contributed by atoms with Crippen molar-refractivity contribution in [2.24, 2.45) is 0 Å². The van der Waals surface area contributed by atoms with Crippen molar-refractivity contribution in [1.82, 2.24) is 0 Å². The fraction of sp³-hybridized carbons (Fsp3) is 0.333. The number of benzene rings is 1. The first-order chi connectivity index (χ1) is 7.76. The van der Waals surface area contributed by atoms with Crippen molar-refractivity contribution in [3.05, 3.63) is 29.8 Å². The highest BCUT2D eigenvalue weighted by Crippen LogP contribution is 2.12. The lowest BCUT2D eigenvalue weighted by atomic mass is 10.2. The Morgan fingerprint density at radius 3 is 2.56 bits per heavy atom. The van der Waals surface area contributed by atoms with E-state index in [1.165, 1.54) is 0 Å². The largest absolute Gasteiger partial charge is 0.482 e. The number of hydrogen-bond acceptors (Lipinski definition) is 4. The van der Waals surface area contributed by atoms with E-state index >= 15 is 0 Å². The van der Waals surface area contributed by atoms with E-state index in [4.69, 9.17) is 9.47 Å². The average molecular weight is 222 g/mol. The highest BCUT2D eigenvalue weighted by Gasteiger charge is 2.02. The predicted octanol–water partition coefficient (Wildman–Crippen LogP) is 1.37. The number of aldehydes is 1. The molecular weight excluding hydrogens is 208 g/mol. The minimum absolute atomic E-state index is 0.0964. The summed E-state index contributed by atoms with van der Waals surface area (Å²) in [4.78, 5) is 21.2. The molecule has 16 heavy (non-hydrogen) atoms. The van der Waals surface area contributed by atoms with Crippen molar-refractivity contribution in [2.75, 3.05) is 13.2 Å². The van der Waals surface area contributed by atoms with Gasteiger partial charge in [0.2, 0.25) is 0 Å². The smallest absolute Gasteiger partial charge is 0.344 e. The summed E-state index contributed by atoms with van der Waals surface area (Å²) in [6.07, 6.45) is 1.23. The number of carbonyl (C=O) groups excluding carboxylic acids is 2. The van der Waals surface area contributed by atoms with E-state index in [9.17, 15) is 9.59 Å². The third-order valence-electron chi connectivity index (χ3n) is 1.90. The van der Waals surface area contributed by atoms with Gasteiger partial charge in [0.05, 0.1) is 6.61 Å². The van der Waals surface area contributed by atoms with Crippen molar-refractivity contribution >= 4 is 12.3 Å². The second-order valence-corrected chi connectivity index (χ2v) is 3.11. The van der Waals surface area contributed by atoms with Crippen molar-refractivity contribution < 1.29 is 19.1 Å². The van der Waals surface area contributed by atoms with Crippen molar-refractivity contribution in [2.45, 2.75) is 13.3 Å². The molecule has 4 heteroatoms. The SMILES string of the molecule is CCOC(=O)COc1ccc(CC=O)cc1. The van der Waals surface area contributed by atoms with E-state index in [1.54, 1.807) is 31.2 Å². The zero-order valence-corrected chi connectivity index (χ0v) is 9.14. The number of carbonyl (C=O) groups is 2. The van der Waals surface area contributed by atoms with Crippen LogP contribution < -0.4 is 4.74 Å². The first-order valence-corrected chi connectivity index (χ1v) is 5.07. The standard InChI is InChI=1S/C12H14O4/c1-2-15-12(14)9-16-11-5-3-10(4-6-11)7-8-13/h3-6,8H,2,7,9H2,1H3. The van der Waals surface area contributed by atoms with Crippen LogP contribution in [0, 0.1) is 0 Å². The van der Waals surface area contributed by atoms with Crippen LogP contribution in [0.1, 0.15) is 12.5 Å². The van der Waals surface area contributed by atoms with Gasteiger partial charge in [-0.1, -0.05) is 12.1 Å². The summed E-state index contributed by atoms with van der Waals surface area (Å²) in [6, 6.07) is 7.01. The lowest BCUT2D eigenvalue weighted by Crippen LogP contribution is -2.14. The Morgan fingerprint density at radius 1 is 1.31 bits per heavy atom. The summed E-state index contributed by atoms with van der Waals surface area (Å²) in [6.45, 7) is 1.99. The van der Waals surface area contributed by atoms with E-state index in [2.05, 4.69) is 0 Å². The van der Waals surface area contributed by atoms with Gasteiger partial charge in [-0.05, 0) is 24.6 Å². The Balaban J connectivity index is 2.42. The Morgan fingerprint density at radius 2 is 2.00 bits per heavy atom. The van der Waals surface area contributed by atoms with E-state index in [-0.39, 0.29) is 12.6 Å². The Hall–Kier alpha value is -1.84. The number of esters is 1. The van der Waals surface area contributed by atoms with E-state index < -0.39 is 0 Å². The molecule has 1 rings (SSSR count). The van der Waals surface area contributed by atoms with Gasteiger partial charge in [-0.3, -0.25) is 0 Å². The Labute approximate surface area is 94.2 Å². The monoisotopic (exact) mass is 222 g/mol. The molecule has 0 saturated carbocycles. The lowest BCUT2D eigenvalue weighted by molar-refractivity contribution is -0.145. The molecule has 4 nitrogen and oxygen atoms in total. The molecule has 86 valence electrons. The second-order valence-electron chi connectivity index (χ2n) is 3.11. The maximum atomic E-state index is 11.0. The molecule has 0 aromatic heterocycles. The predicted molar refractivity (Wildman–Crippen MR) is 58.3 cm³/mol. The molecule has 0 aliphatic rings. The third-order valence-corrected chi connectivity index (χ3v) is 1.90. The zero-order chi connectivity index (χ0) is 11.8. The van der Waals surface area contributed by atoms with E-state index in [0.717, 1.165) is 11.8 Å². The molecule has 0 aliphatic heterocycles. The normalized spacial score (nSPS) is 9.56. The Bertz CT molecular complexity index is 343. The summed E-state index contributed by atoms with van der Waals surface area (Å²) in [5.74, 6) is 0.196. The van der Waals surface area contributed by atoms with E-state index in [1.807, 2.05) is 0 Å². The third kappa shape index (κ3) is 4.13. The van der Waals surface area contributed by atoms with Crippen molar-refractivity contribution in [3.63, 3.8) is 0 Å². The second kappa shape index (κ2) is 6.61. The first kappa shape index (κ1) is 12.2. The van der Waals surface area contributed by atoms with E-state index in [0.29, 0.717) is 18.8 Å². The molecule has 0 fully saturated rings. The van der Waals surface area contributed by atoms with Crippen LogP contribution in [-0.2, 0) is 20.7 Å². The summed E-state index contributed by atoms with van der Waals surface area (Å²) >= 11 is 0. The number of hydrogen-bond donors (Lipinski definition) is 0. The number of ether oxygens (including phenoxy) is 2. The van der Waals surface area contributed by atoms with Gasteiger partial charge >= 0.3 is 5.97 Å². The maximum Gasteiger partial charge on any atom is 0.344 e. The van der Waals surface area contributed by atoms with Crippen LogP contribution in [0.2, 0.25) is 0 Å². The van der Waals surface area contributed by atoms with Gasteiger partial charge in [0.15, 0.2) is 6.61 Å². The van der Waals surface area contributed by atoms with Gasteiger partial charge in [-0.2, -0.15) is 0 Å². The highest BCUT2D eigenvalue weighted by molar-refractivity contribution is 5.71. The molecule has 0 N–H and O–H groups in total. The fourth-order valence-electron chi connectivity index (χ4n) is 1.16. The van der Waals surface area contributed by atoms with Crippen LogP contribution in [0.25, 0.3) is 0 Å². The lowest BCUT2D eigenvalue weighted by Gasteiger charge is -2.05. The first-order valence-electron chi connectivity index (χ1n) is 5.07. The van der Waals surface area contributed by atoms with Crippen molar-refractivity contribution in [1.29, 1.82) is 0 Å². The molecule has 0 spiro atoms. The molecule has 0 radical (unpaired) electrons. The zero-order valence-electron chi connectivity index (χ0n) is 9.14. The number of rotatable bonds is 6. The molecule has 1 aromatic rings. The van der Waals surface area contributed by atoms with Gasteiger partial charge in [0.1, 0.15) is 12.0 Å². The van der Waals surface area contributed by atoms with Gasteiger partial charge in [-0.15, -0.1) is 0 Å². The molecule has 0 aliphatic carbocycles. The van der Waals surface area contributed by atoms with Gasteiger partial charge in [0.25, 0.3) is 0 Å². The molecule has 0 saturated heterocycles. The fourth-order valence-corrected chi connectivity index (χ4v) is 1.16. The summed E-state index contributed by atoms with van der Waals surface area (Å²) in [5, 5.41) is 0.